The lowest BCUT2D eigenvalue weighted by molar-refractivity contribution is 0.0845. The lowest BCUT2D eigenvalue weighted by Gasteiger charge is -2.26. The standard InChI is InChI=1S/C18H16O3/c1-2-6-13-9-10-15-17(18(13)20)14(19)11-16(21-15)12-7-4-3-5-8-12/h2-5,7-10,16,20H,1,6,11H2. The molecule has 1 unspecified atom stereocenters. The number of hydrogen-bond donors (Lipinski definition) is 1. The fourth-order valence-corrected chi connectivity index (χ4v) is 2.62. The van der Waals surface area contributed by atoms with Gasteiger partial charge in [0.2, 0.25) is 0 Å². The summed E-state index contributed by atoms with van der Waals surface area (Å²) in [7, 11) is 0. The second-order valence-electron chi connectivity index (χ2n) is 5.08. The van der Waals surface area contributed by atoms with Gasteiger partial charge in [0.1, 0.15) is 23.2 Å². The molecule has 1 atom stereocenters. The first-order valence-corrected chi connectivity index (χ1v) is 6.91. The van der Waals surface area contributed by atoms with Crippen LogP contribution < -0.4 is 4.74 Å². The molecule has 106 valence electrons. The molecular weight excluding hydrogens is 264 g/mol. The maximum Gasteiger partial charge on any atom is 0.174 e. The minimum absolute atomic E-state index is 0.0175. The number of ketones is 1. The van der Waals surface area contributed by atoms with Gasteiger partial charge in [0.15, 0.2) is 5.78 Å². The molecule has 2 aromatic carbocycles. The molecule has 2 aromatic rings. The van der Waals surface area contributed by atoms with Crippen LogP contribution >= 0.6 is 0 Å². The van der Waals surface area contributed by atoms with E-state index in [1.54, 1.807) is 18.2 Å². The summed E-state index contributed by atoms with van der Waals surface area (Å²) in [5.41, 5.74) is 1.95. The number of aromatic hydroxyl groups is 1. The van der Waals surface area contributed by atoms with Crippen LogP contribution in [-0.4, -0.2) is 10.9 Å². The maximum absolute atomic E-state index is 12.4. The second-order valence-corrected chi connectivity index (χ2v) is 5.08. The Hall–Kier alpha value is -2.55. The first-order valence-electron chi connectivity index (χ1n) is 6.91. The van der Waals surface area contributed by atoms with E-state index in [-0.39, 0.29) is 24.1 Å². The van der Waals surface area contributed by atoms with E-state index >= 15 is 0 Å². The van der Waals surface area contributed by atoms with E-state index in [1.165, 1.54) is 0 Å². The first-order chi connectivity index (χ1) is 10.2. The number of allylic oxidation sites excluding steroid dienone is 1. The number of carbonyl (C=O) groups excluding carboxylic acids is 1. The largest absolute Gasteiger partial charge is 0.507 e. The lowest BCUT2D eigenvalue weighted by Crippen LogP contribution is -2.20. The minimum Gasteiger partial charge on any atom is -0.507 e. The molecular formula is C18H16O3. The molecule has 0 spiro atoms. The Balaban J connectivity index is 1.99. The molecule has 0 saturated heterocycles. The summed E-state index contributed by atoms with van der Waals surface area (Å²) in [4.78, 5) is 12.4. The highest BCUT2D eigenvalue weighted by Gasteiger charge is 2.30. The van der Waals surface area contributed by atoms with E-state index < -0.39 is 0 Å². The molecule has 0 aliphatic carbocycles. The molecule has 3 nitrogen and oxygen atoms in total. The lowest BCUT2D eigenvalue weighted by atomic mass is 9.93. The van der Waals surface area contributed by atoms with Gasteiger partial charge in [0.05, 0.1) is 6.42 Å². The minimum atomic E-state index is -0.296. The van der Waals surface area contributed by atoms with Crippen molar-refractivity contribution in [1.29, 1.82) is 0 Å². The van der Waals surface area contributed by atoms with Gasteiger partial charge in [0.25, 0.3) is 0 Å². The molecule has 1 aliphatic rings. The van der Waals surface area contributed by atoms with Crippen LogP contribution in [0.15, 0.2) is 55.1 Å². The molecule has 0 saturated carbocycles. The third kappa shape index (κ3) is 2.42. The highest BCUT2D eigenvalue weighted by Crippen LogP contribution is 2.40. The quantitative estimate of drug-likeness (QED) is 0.869. The van der Waals surface area contributed by atoms with Gasteiger partial charge in [-0.3, -0.25) is 4.79 Å². The first kappa shape index (κ1) is 13.4. The zero-order valence-electron chi connectivity index (χ0n) is 11.6. The monoisotopic (exact) mass is 280 g/mol. The van der Waals surface area contributed by atoms with Crippen molar-refractivity contribution in [3.8, 4) is 11.5 Å². The summed E-state index contributed by atoms with van der Waals surface area (Å²) in [6, 6.07) is 13.2. The van der Waals surface area contributed by atoms with Crippen LogP contribution in [0, 0.1) is 0 Å². The Morgan fingerprint density at radius 2 is 2.00 bits per heavy atom. The Labute approximate surface area is 123 Å². The zero-order chi connectivity index (χ0) is 14.8. The molecule has 1 heterocycles. The van der Waals surface area contributed by atoms with Crippen molar-refractivity contribution < 1.29 is 14.6 Å². The molecule has 0 aromatic heterocycles. The fraction of sp³-hybridized carbons (Fsp3) is 0.167. The van der Waals surface area contributed by atoms with Crippen molar-refractivity contribution in [2.45, 2.75) is 18.9 Å². The number of phenols is 1. The molecule has 0 radical (unpaired) electrons. The number of fused-ring (bicyclic) bond motifs is 1. The number of rotatable bonds is 3. The van der Waals surface area contributed by atoms with E-state index in [0.717, 1.165) is 5.56 Å². The van der Waals surface area contributed by atoms with Gasteiger partial charge >= 0.3 is 0 Å². The van der Waals surface area contributed by atoms with Gasteiger partial charge in [-0.25, -0.2) is 0 Å². The highest BCUT2D eigenvalue weighted by atomic mass is 16.5. The average molecular weight is 280 g/mol. The van der Waals surface area contributed by atoms with Crippen molar-refractivity contribution in [3.05, 3.63) is 71.8 Å². The molecule has 0 fully saturated rings. The zero-order valence-corrected chi connectivity index (χ0v) is 11.6. The highest BCUT2D eigenvalue weighted by molar-refractivity contribution is 6.02. The Kier molecular flexibility index (Phi) is 3.48. The predicted octanol–water partition coefficient (Wildman–Crippen LogP) is 3.83. The normalized spacial score (nSPS) is 17.0. The number of benzene rings is 2. The van der Waals surface area contributed by atoms with E-state index in [0.29, 0.717) is 23.3 Å². The molecule has 0 bridgehead atoms. The van der Waals surface area contributed by atoms with Crippen LogP contribution in [0.4, 0.5) is 0 Å². The van der Waals surface area contributed by atoms with E-state index in [4.69, 9.17) is 4.74 Å². The summed E-state index contributed by atoms with van der Waals surface area (Å²) in [6.07, 6.45) is 2.16. The summed E-state index contributed by atoms with van der Waals surface area (Å²) in [5.74, 6) is 0.378. The Morgan fingerprint density at radius 1 is 1.24 bits per heavy atom. The van der Waals surface area contributed by atoms with Gasteiger partial charge in [0, 0.05) is 0 Å². The predicted molar refractivity (Wildman–Crippen MR) is 80.8 cm³/mol. The topological polar surface area (TPSA) is 46.5 Å². The van der Waals surface area contributed by atoms with Crippen LogP contribution in [0.25, 0.3) is 0 Å². The number of hydrogen-bond acceptors (Lipinski definition) is 3. The van der Waals surface area contributed by atoms with Crippen molar-refractivity contribution in [3.63, 3.8) is 0 Å². The van der Waals surface area contributed by atoms with Gasteiger partial charge in [-0.1, -0.05) is 42.5 Å². The molecule has 1 N–H and O–H groups in total. The molecule has 3 rings (SSSR count). The van der Waals surface area contributed by atoms with E-state index in [2.05, 4.69) is 6.58 Å². The van der Waals surface area contributed by atoms with E-state index in [9.17, 15) is 9.90 Å². The molecule has 21 heavy (non-hydrogen) atoms. The maximum atomic E-state index is 12.4. The van der Waals surface area contributed by atoms with Gasteiger partial charge < -0.3 is 9.84 Å². The SMILES string of the molecule is C=CCc1ccc2c(c1O)C(=O)CC(c1ccccc1)O2. The van der Waals surface area contributed by atoms with Crippen molar-refractivity contribution in [2.24, 2.45) is 0 Å². The number of ether oxygens (including phenoxy) is 1. The van der Waals surface area contributed by atoms with E-state index in [1.807, 2.05) is 30.3 Å². The third-order valence-corrected chi connectivity index (χ3v) is 3.68. The van der Waals surface area contributed by atoms with Crippen LogP contribution in [-0.2, 0) is 6.42 Å². The Bertz CT molecular complexity index is 689. The number of phenolic OH excluding ortho intramolecular Hbond substituents is 1. The third-order valence-electron chi connectivity index (χ3n) is 3.68. The molecule has 1 aliphatic heterocycles. The molecule has 3 heteroatoms. The Morgan fingerprint density at radius 3 is 2.71 bits per heavy atom. The van der Waals surface area contributed by atoms with Crippen molar-refractivity contribution in [1.82, 2.24) is 0 Å². The van der Waals surface area contributed by atoms with Crippen LogP contribution in [0.1, 0.15) is 34.0 Å². The average Bonchev–Trinajstić information content (AvgIpc) is 2.50. The van der Waals surface area contributed by atoms with Crippen molar-refractivity contribution in [2.75, 3.05) is 0 Å². The summed E-state index contributed by atoms with van der Waals surface area (Å²) in [5, 5.41) is 10.2. The summed E-state index contributed by atoms with van der Waals surface area (Å²) < 4.78 is 5.90. The molecule has 0 amide bonds. The van der Waals surface area contributed by atoms with Crippen LogP contribution in [0.3, 0.4) is 0 Å². The number of Topliss-reactive ketones (excluding diaryl/α,β-unsaturated/α-hetero) is 1. The summed E-state index contributed by atoms with van der Waals surface area (Å²) in [6.45, 7) is 3.65. The van der Waals surface area contributed by atoms with Crippen molar-refractivity contribution >= 4 is 5.78 Å². The fourth-order valence-electron chi connectivity index (χ4n) is 2.62. The van der Waals surface area contributed by atoms with Gasteiger partial charge in [-0.15, -0.1) is 6.58 Å². The smallest absolute Gasteiger partial charge is 0.174 e. The van der Waals surface area contributed by atoms with Gasteiger partial charge in [-0.05, 0) is 23.6 Å². The number of carbonyl (C=O) groups is 1. The van der Waals surface area contributed by atoms with Gasteiger partial charge in [-0.2, -0.15) is 0 Å². The van der Waals surface area contributed by atoms with Crippen LogP contribution in [0.2, 0.25) is 0 Å². The van der Waals surface area contributed by atoms with Crippen LogP contribution in [0.5, 0.6) is 11.5 Å². The second kappa shape index (κ2) is 5.44. The summed E-state index contributed by atoms with van der Waals surface area (Å²) >= 11 is 0.